The van der Waals surface area contributed by atoms with E-state index >= 15 is 0 Å². The van der Waals surface area contributed by atoms with Crippen molar-refractivity contribution in [1.29, 1.82) is 0 Å². The Bertz CT molecular complexity index is 1650. The molecule has 0 fully saturated rings. The number of benzene rings is 2. The molecule has 1 unspecified atom stereocenters. The number of ether oxygens (including phenoxy) is 1. The van der Waals surface area contributed by atoms with Crippen LogP contribution in [0.3, 0.4) is 0 Å². The molecule has 156 valence electrons. The molecule has 0 N–H and O–H groups in total. The maximum atomic E-state index is 6.44. The second-order valence-electron chi connectivity index (χ2n) is 7.91. The van der Waals surface area contributed by atoms with Gasteiger partial charge < -0.3 is 4.74 Å². The number of nitrogens with zero attached hydrogens (tertiary/aromatic N) is 6. The molecule has 6 aromatic rings. The van der Waals surface area contributed by atoms with Gasteiger partial charge >= 0.3 is 0 Å². The largest absolute Gasteiger partial charge is 0.438 e. The predicted molar refractivity (Wildman–Crippen MR) is 123 cm³/mol. The van der Waals surface area contributed by atoms with Crippen molar-refractivity contribution < 1.29 is 4.74 Å². The highest BCUT2D eigenvalue weighted by Gasteiger charge is 2.34. The van der Waals surface area contributed by atoms with Gasteiger partial charge in [-0.3, -0.25) is 9.97 Å². The zero-order chi connectivity index (χ0) is 21.8. The first kappa shape index (κ1) is 18.0. The van der Waals surface area contributed by atoms with Gasteiger partial charge in [0.2, 0.25) is 11.7 Å². The van der Waals surface area contributed by atoms with Crippen molar-refractivity contribution in [2.24, 2.45) is 0 Å². The summed E-state index contributed by atoms with van der Waals surface area (Å²) < 4.78 is 8.13. The van der Waals surface area contributed by atoms with Gasteiger partial charge in [-0.15, -0.1) is 5.10 Å². The monoisotopic (exact) mass is 428 g/mol. The summed E-state index contributed by atoms with van der Waals surface area (Å²) in [5.74, 6) is 1.73. The zero-order valence-electron chi connectivity index (χ0n) is 17.3. The molecule has 7 nitrogen and oxygen atoms in total. The van der Waals surface area contributed by atoms with Crippen molar-refractivity contribution in [2.75, 3.05) is 0 Å². The second kappa shape index (κ2) is 6.93. The second-order valence-corrected chi connectivity index (χ2v) is 7.91. The number of fused-ring (bicyclic) bond motifs is 6. The fraction of sp³-hybridized carbons (Fsp3) is 0.0385. The molecule has 0 amide bonds. The molecule has 5 heterocycles. The van der Waals surface area contributed by atoms with Crippen LogP contribution >= 0.6 is 0 Å². The Kier molecular flexibility index (Phi) is 3.77. The van der Waals surface area contributed by atoms with Gasteiger partial charge in [0, 0.05) is 35.5 Å². The first-order valence-electron chi connectivity index (χ1n) is 10.6. The van der Waals surface area contributed by atoms with Crippen molar-refractivity contribution in [2.45, 2.75) is 5.92 Å². The Morgan fingerprint density at radius 1 is 0.848 bits per heavy atom. The Morgan fingerprint density at radius 2 is 1.79 bits per heavy atom. The van der Waals surface area contributed by atoms with E-state index in [0.717, 1.165) is 33.2 Å². The van der Waals surface area contributed by atoms with Crippen molar-refractivity contribution >= 4 is 16.4 Å². The molecule has 2 aromatic carbocycles. The van der Waals surface area contributed by atoms with Crippen molar-refractivity contribution in [1.82, 2.24) is 29.5 Å². The van der Waals surface area contributed by atoms with Crippen LogP contribution in [-0.2, 0) is 0 Å². The van der Waals surface area contributed by atoms with Crippen LogP contribution in [0, 0.1) is 0 Å². The van der Waals surface area contributed by atoms with Gasteiger partial charge in [-0.2, -0.15) is 0 Å². The number of rotatable bonds is 2. The highest BCUT2D eigenvalue weighted by Crippen LogP contribution is 2.50. The fourth-order valence-electron chi connectivity index (χ4n) is 4.54. The van der Waals surface area contributed by atoms with Crippen molar-refractivity contribution in [3.63, 3.8) is 0 Å². The summed E-state index contributed by atoms with van der Waals surface area (Å²) in [6.07, 6.45) is 7.04. The highest BCUT2D eigenvalue weighted by molar-refractivity contribution is 5.91. The van der Waals surface area contributed by atoms with Gasteiger partial charge in [-0.25, -0.2) is 14.5 Å². The van der Waals surface area contributed by atoms with Crippen LogP contribution in [0.4, 0.5) is 0 Å². The molecule has 1 atom stereocenters. The summed E-state index contributed by atoms with van der Waals surface area (Å²) in [7, 11) is 0. The van der Waals surface area contributed by atoms with E-state index in [-0.39, 0.29) is 5.92 Å². The molecule has 7 heteroatoms. The van der Waals surface area contributed by atoms with Gasteiger partial charge in [0.25, 0.3) is 0 Å². The van der Waals surface area contributed by atoms with E-state index in [9.17, 15) is 0 Å². The van der Waals surface area contributed by atoms with Crippen LogP contribution in [0.15, 0.2) is 91.6 Å². The third-order valence-corrected chi connectivity index (χ3v) is 6.01. The van der Waals surface area contributed by atoms with Crippen LogP contribution in [-0.4, -0.2) is 29.5 Å². The smallest absolute Gasteiger partial charge is 0.228 e. The first-order chi connectivity index (χ1) is 16.4. The SMILES string of the molecule is c1ccc(-c2nc3c4c(ncn3n2)Oc2c(ccc3ccccc23)C4c2cccnc2)nc1. The van der Waals surface area contributed by atoms with Crippen LogP contribution < -0.4 is 4.74 Å². The summed E-state index contributed by atoms with van der Waals surface area (Å²) in [5, 5.41) is 6.80. The summed E-state index contributed by atoms with van der Waals surface area (Å²) in [5.41, 5.74) is 4.34. The molecule has 33 heavy (non-hydrogen) atoms. The minimum Gasteiger partial charge on any atom is -0.438 e. The van der Waals surface area contributed by atoms with Gasteiger partial charge in [0.05, 0.1) is 5.56 Å². The molecule has 0 saturated heterocycles. The summed E-state index contributed by atoms with van der Waals surface area (Å²) in [4.78, 5) is 18.3. The van der Waals surface area contributed by atoms with Crippen LogP contribution in [0.1, 0.15) is 22.6 Å². The lowest BCUT2D eigenvalue weighted by Crippen LogP contribution is -2.15. The molecular weight excluding hydrogens is 412 g/mol. The third kappa shape index (κ3) is 2.72. The Balaban J connectivity index is 1.53. The van der Waals surface area contributed by atoms with Crippen LogP contribution in [0.2, 0.25) is 0 Å². The van der Waals surface area contributed by atoms with Gasteiger partial charge in [0.1, 0.15) is 17.8 Å². The average Bonchev–Trinajstić information content (AvgIpc) is 3.33. The van der Waals surface area contributed by atoms with Crippen LogP contribution in [0.5, 0.6) is 11.6 Å². The minimum atomic E-state index is -0.154. The quantitative estimate of drug-likeness (QED) is 0.385. The number of pyridine rings is 2. The number of hydrogen-bond acceptors (Lipinski definition) is 6. The van der Waals surface area contributed by atoms with Gasteiger partial charge in [-0.1, -0.05) is 48.5 Å². The lowest BCUT2D eigenvalue weighted by atomic mass is 9.83. The normalized spacial score (nSPS) is 14.6. The van der Waals surface area contributed by atoms with E-state index in [1.807, 2.05) is 42.6 Å². The molecule has 4 aromatic heterocycles. The Labute approximate surface area is 188 Å². The Hall–Kier alpha value is -4.65. The summed E-state index contributed by atoms with van der Waals surface area (Å²) in [6, 6.07) is 22.2. The average molecular weight is 428 g/mol. The van der Waals surface area contributed by atoms with E-state index < -0.39 is 0 Å². The third-order valence-electron chi connectivity index (χ3n) is 6.01. The maximum Gasteiger partial charge on any atom is 0.228 e. The maximum absolute atomic E-state index is 6.44. The molecular formula is C26H16N6O. The van der Waals surface area contributed by atoms with E-state index in [1.165, 1.54) is 0 Å². The Morgan fingerprint density at radius 3 is 2.67 bits per heavy atom. The fourth-order valence-corrected chi connectivity index (χ4v) is 4.54. The van der Waals surface area contributed by atoms with Gasteiger partial charge in [0.15, 0.2) is 5.65 Å². The summed E-state index contributed by atoms with van der Waals surface area (Å²) in [6.45, 7) is 0. The predicted octanol–water partition coefficient (Wildman–Crippen LogP) is 5.02. The molecule has 1 aliphatic rings. The van der Waals surface area contributed by atoms with E-state index in [0.29, 0.717) is 23.0 Å². The molecule has 0 radical (unpaired) electrons. The summed E-state index contributed by atoms with van der Waals surface area (Å²) >= 11 is 0. The molecule has 1 aliphatic heterocycles. The molecule has 0 saturated carbocycles. The van der Waals surface area contributed by atoms with Crippen molar-refractivity contribution in [3.05, 3.63) is 108 Å². The molecule has 7 rings (SSSR count). The highest BCUT2D eigenvalue weighted by atomic mass is 16.5. The lowest BCUT2D eigenvalue weighted by Gasteiger charge is -2.28. The van der Waals surface area contributed by atoms with Crippen LogP contribution in [0.25, 0.3) is 27.9 Å². The lowest BCUT2D eigenvalue weighted by molar-refractivity contribution is 0.437. The zero-order valence-corrected chi connectivity index (χ0v) is 17.3. The molecule has 0 aliphatic carbocycles. The van der Waals surface area contributed by atoms with E-state index in [1.54, 1.807) is 23.2 Å². The molecule has 0 bridgehead atoms. The van der Waals surface area contributed by atoms with Crippen molar-refractivity contribution in [3.8, 4) is 23.1 Å². The first-order valence-corrected chi connectivity index (χ1v) is 10.6. The number of hydrogen-bond donors (Lipinski definition) is 0. The molecule has 0 spiro atoms. The topological polar surface area (TPSA) is 78.1 Å². The minimum absolute atomic E-state index is 0.154. The number of aromatic nitrogens is 6. The van der Waals surface area contributed by atoms with Gasteiger partial charge in [-0.05, 0) is 29.1 Å². The van der Waals surface area contributed by atoms with E-state index in [2.05, 4.69) is 50.4 Å². The standard InChI is InChI=1S/C26H16N6O/c1-2-8-18-16(6-1)10-11-19-21(17-7-5-12-27-14-17)22-25-30-24(20-9-3-4-13-28-20)31-32(25)15-29-26(22)33-23(18)19/h1-15,21H. The van der Waals surface area contributed by atoms with E-state index in [4.69, 9.17) is 9.72 Å².